The third kappa shape index (κ3) is 3.04. The largest absolute Gasteiger partial charge is 0.334 e. The van der Waals surface area contributed by atoms with Crippen molar-refractivity contribution in [2.45, 2.75) is 38.1 Å². The fraction of sp³-hybridized carbons (Fsp3) is 0.400. The van der Waals surface area contributed by atoms with Crippen molar-refractivity contribution in [3.05, 3.63) is 40.9 Å². The van der Waals surface area contributed by atoms with Gasteiger partial charge in [0.2, 0.25) is 0 Å². The molecule has 21 heavy (non-hydrogen) atoms. The Hall–Kier alpha value is -2.37. The highest BCUT2D eigenvalue weighted by Gasteiger charge is 2.16. The molecule has 0 radical (unpaired) electrons. The summed E-state index contributed by atoms with van der Waals surface area (Å²) < 4.78 is 1.13. The van der Waals surface area contributed by atoms with E-state index in [9.17, 15) is 9.59 Å². The summed E-state index contributed by atoms with van der Waals surface area (Å²) in [5.74, 6) is 0. The lowest BCUT2D eigenvalue weighted by Gasteiger charge is -2.23. The molecule has 1 aliphatic carbocycles. The molecule has 0 saturated heterocycles. The minimum atomic E-state index is -0.360. The van der Waals surface area contributed by atoms with Gasteiger partial charge in [-0.1, -0.05) is 31.4 Å². The maximum absolute atomic E-state index is 12.2. The molecule has 0 bridgehead atoms. The van der Waals surface area contributed by atoms with Crippen molar-refractivity contribution in [1.82, 2.24) is 15.0 Å². The lowest BCUT2D eigenvalue weighted by molar-refractivity contribution is 0.241. The highest BCUT2D eigenvalue weighted by Crippen LogP contribution is 2.17. The first kappa shape index (κ1) is 13.6. The van der Waals surface area contributed by atoms with E-state index in [0.29, 0.717) is 10.9 Å². The number of urea groups is 1. The number of rotatable bonds is 2. The normalized spacial score (nSPS) is 15.8. The van der Waals surface area contributed by atoms with Gasteiger partial charge in [0.1, 0.15) is 6.33 Å². The fourth-order valence-corrected chi connectivity index (χ4v) is 2.72. The zero-order valence-corrected chi connectivity index (χ0v) is 11.7. The van der Waals surface area contributed by atoms with Crippen LogP contribution in [0.1, 0.15) is 32.1 Å². The predicted octanol–water partition coefficient (Wildman–Crippen LogP) is 1.98. The molecule has 110 valence electrons. The number of nitrogens with one attached hydrogen (secondary N) is 2. The number of para-hydroxylation sites is 1. The summed E-state index contributed by atoms with van der Waals surface area (Å²) >= 11 is 0. The Kier molecular flexibility index (Phi) is 3.85. The van der Waals surface area contributed by atoms with Crippen molar-refractivity contribution in [2.24, 2.45) is 0 Å². The van der Waals surface area contributed by atoms with Gasteiger partial charge in [0.05, 0.1) is 10.9 Å². The molecule has 0 aliphatic heterocycles. The molecule has 2 aromatic rings. The molecule has 1 aliphatic rings. The number of hydrogen-bond donors (Lipinski definition) is 2. The number of carbonyl (C=O) groups is 1. The van der Waals surface area contributed by atoms with Gasteiger partial charge in [-0.05, 0) is 25.0 Å². The van der Waals surface area contributed by atoms with E-state index in [-0.39, 0.29) is 17.6 Å². The third-order valence-electron chi connectivity index (χ3n) is 3.83. The van der Waals surface area contributed by atoms with Crippen molar-refractivity contribution in [2.75, 3.05) is 5.43 Å². The van der Waals surface area contributed by atoms with Crippen molar-refractivity contribution in [3.8, 4) is 0 Å². The number of benzene rings is 1. The molecule has 0 atom stereocenters. The van der Waals surface area contributed by atoms with E-state index in [1.807, 2.05) is 6.07 Å². The van der Waals surface area contributed by atoms with E-state index in [1.54, 1.807) is 18.2 Å². The van der Waals surface area contributed by atoms with E-state index in [4.69, 9.17) is 0 Å². The van der Waals surface area contributed by atoms with Crippen LogP contribution in [0.3, 0.4) is 0 Å². The second kappa shape index (κ2) is 5.95. The van der Waals surface area contributed by atoms with Crippen LogP contribution in [0.2, 0.25) is 0 Å². The number of amides is 2. The SMILES string of the molecule is O=C(NC1CCCCC1)Nn1cnc2ccccc2c1=O. The van der Waals surface area contributed by atoms with E-state index in [0.717, 1.165) is 30.4 Å². The molecule has 1 saturated carbocycles. The first-order valence-electron chi connectivity index (χ1n) is 7.28. The highest BCUT2D eigenvalue weighted by atomic mass is 16.2. The standard InChI is InChI=1S/C15H18N4O2/c20-14-12-8-4-5-9-13(12)16-10-19(14)18-15(21)17-11-6-2-1-3-7-11/h4-5,8-11H,1-3,6-7H2,(H2,17,18,21). The van der Waals surface area contributed by atoms with Crippen LogP contribution >= 0.6 is 0 Å². The molecule has 6 nitrogen and oxygen atoms in total. The number of fused-ring (bicyclic) bond motifs is 1. The van der Waals surface area contributed by atoms with Crippen molar-refractivity contribution in [1.29, 1.82) is 0 Å². The van der Waals surface area contributed by atoms with Gasteiger partial charge in [-0.3, -0.25) is 4.79 Å². The zero-order chi connectivity index (χ0) is 14.7. The number of aromatic nitrogens is 2. The molecular weight excluding hydrogens is 268 g/mol. The van der Waals surface area contributed by atoms with Crippen LogP contribution in [0.5, 0.6) is 0 Å². The molecule has 0 spiro atoms. The molecule has 1 aromatic heterocycles. The summed E-state index contributed by atoms with van der Waals surface area (Å²) in [4.78, 5) is 28.4. The Bertz CT molecular complexity index is 704. The number of hydrogen-bond acceptors (Lipinski definition) is 3. The quantitative estimate of drug-likeness (QED) is 0.886. The summed E-state index contributed by atoms with van der Waals surface area (Å²) in [6.07, 6.45) is 6.85. The zero-order valence-electron chi connectivity index (χ0n) is 11.7. The van der Waals surface area contributed by atoms with Gasteiger partial charge in [-0.25, -0.2) is 19.9 Å². The molecule has 3 rings (SSSR count). The Morgan fingerprint density at radius 1 is 1.19 bits per heavy atom. The first-order valence-corrected chi connectivity index (χ1v) is 7.28. The second-order valence-electron chi connectivity index (χ2n) is 5.36. The van der Waals surface area contributed by atoms with Gasteiger partial charge in [-0.2, -0.15) is 0 Å². The first-order chi connectivity index (χ1) is 10.2. The summed E-state index contributed by atoms with van der Waals surface area (Å²) in [7, 11) is 0. The average molecular weight is 286 g/mol. The van der Waals surface area contributed by atoms with Crippen LogP contribution in [0.4, 0.5) is 4.79 Å². The Morgan fingerprint density at radius 2 is 1.95 bits per heavy atom. The maximum atomic E-state index is 12.2. The molecule has 0 unspecified atom stereocenters. The van der Waals surface area contributed by atoms with Gasteiger partial charge in [0.15, 0.2) is 0 Å². The van der Waals surface area contributed by atoms with Crippen molar-refractivity contribution >= 4 is 16.9 Å². The summed E-state index contributed by atoms with van der Waals surface area (Å²) in [6.45, 7) is 0. The van der Waals surface area contributed by atoms with Gasteiger partial charge in [0.25, 0.3) is 5.56 Å². The highest BCUT2D eigenvalue weighted by molar-refractivity contribution is 5.83. The smallest absolute Gasteiger partial charge is 0.334 e. The fourth-order valence-electron chi connectivity index (χ4n) is 2.72. The second-order valence-corrected chi connectivity index (χ2v) is 5.36. The van der Waals surface area contributed by atoms with E-state index >= 15 is 0 Å². The molecule has 1 heterocycles. The topological polar surface area (TPSA) is 76.0 Å². The summed E-state index contributed by atoms with van der Waals surface area (Å²) in [5, 5.41) is 3.39. The van der Waals surface area contributed by atoms with Gasteiger partial charge in [0, 0.05) is 6.04 Å². The van der Waals surface area contributed by atoms with Crippen LogP contribution in [0.25, 0.3) is 10.9 Å². The van der Waals surface area contributed by atoms with Gasteiger partial charge >= 0.3 is 6.03 Å². The molecule has 1 fully saturated rings. The maximum Gasteiger partial charge on any atom is 0.334 e. The van der Waals surface area contributed by atoms with Gasteiger partial charge in [-0.15, -0.1) is 0 Å². The molecule has 1 aromatic carbocycles. The average Bonchev–Trinajstić information content (AvgIpc) is 2.51. The molecule has 2 amide bonds. The Balaban J connectivity index is 1.73. The molecule has 2 N–H and O–H groups in total. The molecular formula is C15H18N4O2. The van der Waals surface area contributed by atoms with Crippen LogP contribution < -0.4 is 16.3 Å². The summed E-state index contributed by atoms with van der Waals surface area (Å²) in [5.41, 5.74) is 2.88. The van der Waals surface area contributed by atoms with E-state index in [2.05, 4.69) is 15.7 Å². The lowest BCUT2D eigenvalue weighted by Crippen LogP contribution is -2.44. The monoisotopic (exact) mass is 286 g/mol. The molecule has 6 heteroatoms. The van der Waals surface area contributed by atoms with Crippen molar-refractivity contribution in [3.63, 3.8) is 0 Å². The van der Waals surface area contributed by atoms with Gasteiger partial charge < -0.3 is 5.32 Å². The van der Waals surface area contributed by atoms with E-state index in [1.165, 1.54) is 12.7 Å². The number of nitrogens with zero attached hydrogens (tertiary/aromatic N) is 2. The van der Waals surface area contributed by atoms with E-state index < -0.39 is 0 Å². The van der Waals surface area contributed by atoms with Crippen molar-refractivity contribution < 1.29 is 4.79 Å². The minimum Gasteiger partial charge on any atom is -0.334 e. The minimum absolute atomic E-state index is 0.197. The Labute approximate surface area is 122 Å². The predicted molar refractivity (Wildman–Crippen MR) is 80.8 cm³/mol. The summed E-state index contributed by atoms with van der Waals surface area (Å²) in [6, 6.07) is 6.90. The van der Waals surface area contributed by atoms with Crippen LogP contribution in [-0.4, -0.2) is 21.7 Å². The van der Waals surface area contributed by atoms with Crippen LogP contribution in [-0.2, 0) is 0 Å². The lowest BCUT2D eigenvalue weighted by atomic mass is 9.96. The third-order valence-corrected chi connectivity index (χ3v) is 3.83. The number of carbonyl (C=O) groups excluding carboxylic acids is 1. The van der Waals surface area contributed by atoms with Crippen LogP contribution in [0.15, 0.2) is 35.4 Å². The Morgan fingerprint density at radius 3 is 2.76 bits per heavy atom. The van der Waals surface area contributed by atoms with Crippen LogP contribution in [0, 0.1) is 0 Å².